The lowest BCUT2D eigenvalue weighted by Gasteiger charge is -2.11. The van der Waals surface area contributed by atoms with Gasteiger partial charge < -0.3 is 16.2 Å². The van der Waals surface area contributed by atoms with Crippen LogP contribution in [0.4, 0.5) is 0 Å². The van der Waals surface area contributed by atoms with E-state index < -0.39 is 12.0 Å². The first kappa shape index (κ1) is 14.0. The van der Waals surface area contributed by atoms with E-state index in [9.17, 15) is 4.79 Å². The van der Waals surface area contributed by atoms with Crippen molar-refractivity contribution >= 4 is 5.97 Å². The van der Waals surface area contributed by atoms with Crippen LogP contribution >= 0.6 is 0 Å². The molecular formula is C11H22N2O2. The monoisotopic (exact) mass is 214 g/mol. The van der Waals surface area contributed by atoms with Gasteiger partial charge in [0.25, 0.3) is 0 Å². The molecule has 4 heteroatoms. The molecule has 0 rings (SSSR count). The van der Waals surface area contributed by atoms with Crippen molar-refractivity contribution in [2.75, 3.05) is 6.54 Å². The summed E-state index contributed by atoms with van der Waals surface area (Å²) in [4.78, 5) is 10.8. The maximum Gasteiger partial charge on any atom is 0.326 e. The molecule has 15 heavy (non-hydrogen) atoms. The van der Waals surface area contributed by atoms with Crippen molar-refractivity contribution < 1.29 is 9.90 Å². The summed E-state index contributed by atoms with van der Waals surface area (Å²) in [5.41, 5.74) is 5.35. The Kier molecular flexibility index (Phi) is 8.87. The number of aliphatic carboxylic acids is 1. The summed E-state index contributed by atoms with van der Waals surface area (Å²) in [7, 11) is 0. The summed E-state index contributed by atoms with van der Waals surface area (Å²) in [6, 6.07) is -0.482. The third-order valence-corrected chi connectivity index (χ3v) is 2.12. The van der Waals surface area contributed by atoms with Crippen molar-refractivity contribution in [2.45, 2.75) is 45.1 Å². The van der Waals surface area contributed by atoms with Crippen LogP contribution in [0.5, 0.6) is 0 Å². The van der Waals surface area contributed by atoms with E-state index >= 15 is 0 Å². The number of carbonyl (C=O) groups is 1. The molecule has 0 spiro atoms. The van der Waals surface area contributed by atoms with Crippen molar-refractivity contribution in [1.29, 1.82) is 0 Å². The van der Waals surface area contributed by atoms with E-state index in [1.54, 1.807) is 6.20 Å². The van der Waals surface area contributed by atoms with Crippen molar-refractivity contribution in [3.63, 3.8) is 0 Å². The van der Waals surface area contributed by atoms with Gasteiger partial charge in [0.05, 0.1) is 0 Å². The minimum atomic E-state index is -0.798. The third kappa shape index (κ3) is 8.00. The van der Waals surface area contributed by atoms with Crippen molar-refractivity contribution in [3.05, 3.63) is 12.3 Å². The van der Waals surface area contributed by atoms with E-state index in [0.717, 1.165) is 25.7 Å². The van der Waals surface area contributed by atoms with Gasteiger partial charge in [-0.25, -0.2) is 4.79 Å². The SMILES string of the molecule is CCC/C=C/NC(CCCCN)C(=O)O. The molecular weight excluding hydrogens is 192 g/mol. The normalized spacial score (nSPS) is 12.9. The van der Waals surface area contributed by atoms with Gasteiger partial charge in [-0.05, 0) is 38.4 Å². The van der Waals surface area contributed by atoms with Crippen molar-refractivity contribution in [1.82, 2.24) is 5.32 Å². The molecule has 0 aromatic rings. The average Bonchev–Trinajstić information content (AvgIpc) is 2.21. The minimum Gasteiger partial charge on any atom is -0.480 e. The summed E-state index contributed by atoms with van der Waals surface area (Å²) in [6.45, 7) is 2.71. The molecule has 0 aliphatic rings. The van der Waals surface area contributed by atoms with E-state index in [1.807, 2.05) is 6.08 Å². The molecule has 1 unspecified atom stereocenters. The Bertz CT molecular complexity index is 193. The lowest BCUT2D eigenvalue weighted by Crippen LogP contribution is -2.33. The van der Waals surface area contributed by atoms with Crippen LogP contribution in [0.25, 0.3) is 0 Å². The van der Waals surface area contributed by atoms with Gasteiger partial charge in [-0.3, -0.25) is 0 Å². The van der Waals surface area contributed by atoms with Gasteiger partial charge in [0.1, 0.15) is 6.04 Å². The number of hydrogen-bond donors (Lipinski definition) is 3. The quantitative estimate of drug-likeness (QED) is 0.508. The molecule has 0 bridgehead atoms. The predicted octanol–water partition coefficient (Wildman–Crippen LogP) is 1.47. The molecule has 0 saturated heterocycles. The summed E-state index contributed by atoms with van der Waals surface area (Å²) in [6.07, 6.45) is 8.10. The fourth-order valence-corrected chi connectivity index (χ4v) is 1.21. The first-order chi connectivity index (χ1) is 7.22. The lowest BCUT2D eigenvalue weighted by molar-refractivity contribution is -0.139. The second kappa shape index (κ2) is 9.52. The number of unbranched alkanes of at least 4 members (excludes halogenated alkanes) is 2. The molecule has 0 saturated carbocycles. The Balaban J connectivity index is 3.78. The largest absolute Gasteiger partial charge is 0.480 e. The number of nitrogens with one attached hydrogen (secondary N) is 1. The van der Waals surface area contributed by atoms with Crippen LogP contribution in [0.15, 0.2) is 12.3 Å². The highest BCUT2D eigenvalue weighted by molar-refractivity contribution is 5.73. The Hall–Kier alpha value is -1.03. The van der Waals surface area contributed by atoms with Gasteiger partial charge in [0.15, 0.2) is 0 Å². The molecule has 4 N–H and O–H groups in total. The summed E-state index contributed by atoms with van der Waals surface area (Å²) >= 11 is 0. The maximum absolute atomic E-state index is 10.8. The Morgan fingerprint density at radius 3 is 2.80 bits per heavy atom. The van der Waals surface area contributed by atoms with Crippen LogP contribution in [0.2, 0.25) is 0 Å². The molecule has 0 radical (unpaired) electrons. The van der Waals surface area contributed by atoms with Gasteiger partial charge >= 0.3 is 5.97 Å². The number of hydrogen-bond acceptors (Lipinski definition) is 3. The van der Waals surface area contributed by atoms with Crippen LogP contribution in [-0.2, 0) is 4.79 Å². The Labute approximate surface area is 91.5 Å². The molecule has 0 aliphatic carbocycles. The lowest BCUT2D eigenvalue weighted by atomic mass is 10.1. The van der Waals surface area contributed by atoms with E-state index in [4.69, 9.17) is 10.8 Å². The van der Waals surface area contributed by atoms with E-state index in [2.05, 4.69) is 12.2 Å². The zero-order valence-electron chi connectivity index (χ0n) is 9.41. The van der Waals surface area contributed by atoms with Gasteiger partial charge in [0, 0.05) is 0 Å². The molecule has 0 aromatic heterocycles. The second-order valence-electron chi connectivity index (χ2n) is 3.53. The van der Waals surface area contributed by atoms with Crippen LogP contribution in [0, 0.1) is 0 Å². The predicted molar refractivity (Wildman–Crippen MR) is 61.5 cm³/mol. The molecule has 0 fully saturated rings. The van der Waals surface area contributed by atoms with Crippen LogP contribution < -0.4 is 11.1 Å². The van der Waals surface area contributed by atoms with Crippen molar-refractivity contribution in [3.8, 4) is 0 Å². The second-order valence-corrected chi connectivity index (χ2v) is 3.53. The topological polar surface area (TPSA) is 75.3 Å². The van der Waals surface area contributed by atoms with Crippen molar-refractivity contribution in [2.24, 2.45) is 5.73 Å². The third-order valence-electron chi connectivity index (χ3n) is 2.12. The number of rotatable bonds is 9. The molecule has 4 nitrogen and oxygen atoms in total. The first-order valence-electron chi connectivity index (χ1n) is 5.56. The van der Waals surface area contributed by atoms with Gasteiger partial charge in [-0.1, -0.05) is 19.4 Å². The Morgan fingerprint density at radius 2 is 2.27 bits per heavy atom. The highest BCUT2D eigenvalue weighted by Gasteiger charge is 2.13. The fourth-order valence-electron chi connectivity index (χ4n) is 1.21. The maximum atomic E-state index is 10.8. The van der Waals surface area contributed by atoms with Gasteiger partial charge in [0.2, 0.25) is 0 Å². The zero-order valence-corrected chi connectivity index (χ0v) is 9.41. The molecule has 1 atom stereocenters. The summed E-state index contributed by atoms with van der Waals surface area (Å²) in [5, 5.41) is 11.8. The Morgan fingerprint density at radius 1 is 1.53 bits per heavy atom. The van der Waals surface area contributed by atoms with Gasteiger partial charge in [-0.15, -0.1) is 0 Å². The standard InChI is InChI=1S/C11H22N2O2/c1-2-3-6-9-13-10(11(14)15)7-4-5-8-12/h6,9-10,13H,2-5,7-8,12H2,1H3,(H,14,15)/b9-6+. The zero-order chi connectivity index (χ0) is 11.5. The molecule has 88 valence electrons. The molecule has 0 heterocycles. The van der Waals surface area contributed by atoms with E-state index in [1.165, 1.54) is 0 Å². The highest BCUT2D eigenvalue weighted by atomic mass is 16.4. The van der Waals surface area contributed by atoms with E-state index in [-0.39, 0.29) is 0 Å². The average molecular weight is 214 g/mol. The number of carboxylic acids is 1. The highest BCUT2D eigenvalue weighted by Crippen LogP contribution is 2.00. The van der Waals surface area contributed by atoms with Crippen LogP contribution in [-0.4, -0.2) is 23.7 Å². The summed E-state index contributed by atoms with van der Waals surface area (Å²) < 4.78 is 0. The first-order valence-corrected chi connectivity index (χ1v) is 5.56. The number of nitrogens with two attached hydrogens (primary N) is 1. The molecule has 0 aliphatic heterocycles. The van der Waals surface area contributed by atoms with E-state index in [0.29, 0.717) is 13.0 Å². The smallest absolute Gasteiger partial charge is 0.326 e. The number of carboxylic acid groups (broad SMARTS) is 1. The van der Waals surface area contributed by atoms with Crippen LogP contribution in [0.1, 0.15) is 39.0 Å². The number of allylic oxidation sites excluding steroid dienone is 1. The molecule has 0 amide bonds. The van der Waals surface area contributed by atoms with Gasteiger partial charge in [-0.2, -0.15) is 0 Å². The molecule has 0 aromatic carbocycles. The minimum absolute atomic E-state index is 0.482. The fraction of sp³-hybridized carbons (Fsp3) is 0.727. The van der Waals surface area contributed by atoms with Crippen LogP contribution in [0.3, 0.4) is 0 Å². The summed E-state index contributed by atoms with van der Waals surface area (Å²) in [5.74, 6) is -0.798.